The maximum absolute atomic E-state index is 12.3. The average Bonchev–Trinajstić information content (AvgIpc) is 2.96. The number of hydrogen-bond donors (Lipinski definition) is 1. The standard InChI is InChI=1S/C15H20N4O2S2/c1-12-3-6-15(22-12)23(20,21)17-14-5-4-13(11-16-14)19-9-7-18(2)8-10-19/h3-6,11H,7-10H2,1-2H3,(H,16,17). The van der Waals surface area contributed by atoms with E-state index in [1.165, 1.54) is 11.3 Å². The molecule has 2 aromatic heterocycles. The van der Waals surface area contributed by atoms with Crippen LogP contribution in [0.4, 0.5) is 11.5 Å². The molecule has 1 saturated heterocycles. The van der Waals surface area contributed by atoms with E-state index in [9.17, 15) is 8.42 Å². The lowest BCUT2D eigenvalue weighted by Crippen LogP contribution is -2.44. The summed E-state index contributed by atoms with van der Waals surface area (Å²) in [6.07, 6.45) is 1.73. The van der Waals surface area contributed by atoms with Crippen molar-refractivity contribution in [2.75, 3.05) is 42.8 Å². The zero-order valence-corrected chi connectivity index (χ0v) is 14.8. The quantitative estimate of drug-likeness (QED) is 0.912. The fourth-order valence-electron chi connectivity index (χ4n) is 2.44. The molecule has 124 valence electrons. The fraction of sp³-hybridized carbons (Fsp3) is 0.400. The van der Waals surface area contributed by atoms with Crippen LogP contribution in [0, 0.1) is 6.92 Å². The number of aromatic nitrogens is 1. The first-order valence-corrected chi connectivity index (χ1v) is 9.73. The van der Waals surface area contributed by atoms with E-state index in [-0.39, 0.29) is 0 Å². The third-order valence-corrected chi connectivity index (χ3v) is 6.68. The van der Waals surface area contributed by atoms with Gasteiger partial charge in [-0.05, 0) is 38.2 Å². The van der Waals surface area contributed by atoms with Gasteiger partial charge < -0.3 is 9.80 Å². The van der Waals surface area contributed by atoms with Gasteiger partial charge in [0.25, 0.3) is 10.0 Å². The van der Waals surface area contributed by atoms with Gasteiger partial charge in [-0.3, -0.25) is 4.72 Å². The Hall–Kier alpha value is -1.64. The van der Waals surface area contributed by atoms with Crippen LogP contribution in [0.15, 0.2) is 34.7 Å². The van der Waals surface area contributed by atoms with Gasteiger partial charge >= 0.3 is 0 Å². The summed E-state index contributed by atoms with van der Waals surface area (Å²) < 4.78 is 27.4. The highest BCUT2D eigenvalue weighted by Crippen LogP contribution is 2.23. The summed E-state index contributed by atoms with van der Waals surface area (Å²) in [6.45, 7) is 5.83. The Morgan fingerprint density at radius 1 is 1.13 bits per heavy atom. The molecule has 0 bridgehead atoms. The highest BCUT2D eigenvalue weighted by atomic mass is 32.2. The van der Waals surface area contributed by atoms with Gasteiger partial charge in [-0.25, -0.2) is 13.4 Å². The second-order valence-corrected chi connectivity index (χ2v) is 8.86. The van der Waals surface area contributed by atoms with Crippen molar-refractivity contribution >= 4 is 32.9 Å². The van der Waals surface area contributed by atoms with Crippen molar-refractivity contribution in [2.45, 2.75) is 11.1 Å². The number of thiophene rings is 1. The number of aryl methyl sites for hydroxylation is 1. The van der Waals surface area contributed by atoms with E-state index in [0.29, 0.717) is 10.0 Å². The Morgan fingerprint density at radius 2 is 1.87 bits per heavy atom. The molecule has 0 radical (unpaired) electrons. The van der Waals surface area contributed by atoms with E-state index in [1.54, 1.807) is 24.4 Å². The van der Waals surface area contributed by atoms with Crippen molar-refractivity contribution < 1.29 is 8.42 Å². The summed E-state index contributed by atoms with van der Waals surface area (Å²) in [4.78, 5) is 9.76. The van der Waals surface area contributed by atoms with Crippen molar-refractivity contribution in [3.8, 4) is 0 Å². The third kappa shape index (κ3) is 3.82. The number of hydrogen-bond acceptors (Lipinski definition) is 6. The van der Waals surface area contributed by atoms with E-state index in [1.807, 2.05) is 13.0 Å². The van der Waals surface area contributed by atoms with E-state index in [4.69, 9.17) is 0 Å². The van der Waals surface area contributed by atoms with Gasteiger partial charge in [0.2, 0.25) is 0 Å². The monoisotopic (exact) mass is 352 g/mol. The van der Waals surface area contributed by atoms with Crippen LogP contribution in [-0.2, 0) is 10.0 Å². The number of piperazine rings is 1. The van der Waals surface area contributed by atoms with Crippen molar-refractivity contribution in [1.29, 1.82) is 0 Å². The molecule has 6 nitrogen and oxygen atoms in total. The molecule has 0 aromatic carbocycles. The largest absolute Gasteiger partial charge is 0.368 e. The molecule has 1 fully saturated rings. The molecule has 2 aromatic rings. The normalized spacial score (nSPS) is 16.5. The van der Waals surface area contributed by atoms with Crippen LogP contribution in [0.25, 0.3) is 0 Å². The molecule has 1 aliphatic rings. The molecule has 0 unspecified atom stereocenters. The molecular weight excluding hydrogens is 332 g/mol. The number of sulfonamides is 1. The molecule has 0 amide bonds. The molecular formula is C15H20N4O2S2. The number of nitrogens with one attached hydrogen (secondary N) is 1. The summed E-state index contributed by atoms with van der Waals surface area (Å²) in [5.41, 5.74) is 1.02. The van der Waals surface area contributed by atoms with Gasteiger partial charge in [0.1, 0.15) is 10.0 Å². The molecule has 1 aliphatic heterocycles. The predicted molar refractivity (Wildman–Crippen MR) is 93.8 cm³/mol. The number of nitrogens with zero attached hydrogens (tertiary/aromatic N) is 3. The molecule has 0 atom stereocenters. The number of anilines is 2. The summed E-state index contributed by atoms with van der Waals surface area (Å²) in [6, 6.07) is 7.03. The Bertz CT molecular complexity index is 763. The minimum atomic E-state index is -3.55. The van der Waals surface area contributed by atoms with Gasteiger partial charge in [0.05, 0.1) is 11.9 Å². The van der Waals surface area contributed by atoms with E-state index >= 15 is 0 Å². The summed E-state index contributed by atoms with van der Waals surface area (Å²) >= 11 is 1.25. The zero-order valence-electron chi connectivity index (χ0n) is 13.2. The van der Waals surface area contributed by atoms with Crippen LogP contribution >= 0.6 is 11.3 Å². The van der Waals surface area contributed by atoms with Gasteiger partial charge in [-0.1, -0.05) is 0 Å². The van der Waals surface area contributed by atoms with E-state index in [2.05, 4.69) is 26.6 Å². The zero-order chi connectivity index (χ0) is 16.4. The summed E-state index contributed by atoms with van der Waals surface area (Å²) in [5, 5.41) is 0. The second kappa shape index (κ2) is 6.46. The molecule has 3 rings (SSSR count). The van der Waals surface area contributed by atoms with Crippen LogP contribution in [-0.4, -0.2) is 51.5 Å². The third-order valence-electron chi connectivity index (χ3n) is 3.84. The lowest BCUT2D eigenvalue weighted by Gasteiger charge is -2.33. The Kier molecular flexibility index (Phi) is 4.56. The maximum atomic E-state index is 12.3. The summed E-state index contributed by atoms with van der Waals surface area (Å²) in [7, 11) is -1.44. The van der Waals surface area contributed by atoms with Crippen LogP contribution in [0.5, 0.6) is 0 Å². The van der Waals surface area contributed by atoms with Gasteiger partial charge in [-0.2, -0.15) is 0 Å². The van der Waals surface area contributed by atoms with E-state index < -0.39 is 10.0 Å². The fourth-order valence-corrected chi connectivity index (χ4v) is 4.73. The Morgan fingerprint density at radius 3 is 2.43 bits per heavy atom. The number of rotatable bonds is 4. The smallest absolute Gasteiger partial charge is 0.272 e. The molecule has 3 heterocycles. The van der Waals surface area contributed by atoms with Crippen molar-refractivity contribution in [2.24, 2.45) is 0 Å². The number of likely N-dealkylation sites (N-methyl/N-ethyl adjacent to an activating group) is 1. The van der Waals surface area contributed by atoms with Crippen molar-refractivity contribution in [3.63, 3.8) is 0 Å². The highest BCUT2D eigenvalue weighted by Gasteiger charge is 2.18. The highest BCUT2D eigenvalue weighted by molar-refractivity contribution is 7.94. The molecule has 23 heavy (non-hydrogen) atoms. The molecule has 0 spiro atoms. The molecule has 1 N–H and O–H groups in total. The Balaban J connectivity index is 1.70. The number of pyridine rings is 1. The van der Waals surface area contributed by atoms with Gasteiger partial charge in [0, 0.05) is 31.1 Å². The van der Waals surface area contributed by atoms with Crippen molar-refractivity contribution in [3.05, 3.63) is 35.3 Å². The first-order chi connectivity index (χ1) is 10.9. The SMILES string of the molecule is Cc1ccc(S(=O)(=O)Nc2ccc(N3CCN(C)CC3)cn2)s1. The van der Waals surface area contributed by atoms with E-state index in [0.717, 1.165) is 36.7 Å². The van der Waals surface area contributed by atoms with Gasteiger partial charge in [-0.15, -0.1) is 11.3 Å². The van der Waals surface area contributed by atoms with Gasteiger partial charge in [0.15, 0.2) is 0 Å². The topological polar surface area (TPSA) is 65.5 Å². The summed E-state index contributed by atoms with van der Waals surface area (Å²) in [5.74, 6) is 0.342. The lowest BCUT2D eigenvalue weighted by atomic mass is 10.3. The average molecular weight is 352 g/mol. The van der Waals surface area contributed by atoms with Crippen molar-refractivity contribution in [1.82, 2.24) is 9.88 Å². The lowest BCUT2D eigenvalue weighted by molar-refractivity contribution is 0.313. The first-order valence-electron chi connectivity index (χ1n) is 7.43. The van der Waals surface area contributed by atoms with Crippen LogP contribution in [0.1, 0.15) is 4.88 Å². The molecule has 8 heteroatoms. The molecule has 0 aliphatic carbocycles. The Labute approximate surface area is 140 Å². The van der Waals surface area contributed by atoms with Crippen LogP contribution < -0.4 is 9.62 Å². The minimum Gasteiger partial charge on any atom is -0.368 e. The minimum absolute atomic E-state index is 0.306. The maximum Gasteiger partial charge on any atom is 0.272 e. The molecule has 0 saturated carbocycles. The van der Waals surface area contributed by atoms with Crippen LogP contribution in [0.2, 0.25) is 0 Å². The van der Waals surface area contributed by atoms with Crippen LogP contribution in [0.3, 0.4) is 0 Å². The predicted octanol–water partition coefficient (Wildman–Crippen LogP) is 2.00. The first kappa shape index (κ1) is 16.2. The second-order valence-electron chi connectivity index (χ2n) is 5.66.